The largest absolute Gasteiger partial charge is 0.384 e. The quantitative estimate of drug-likeness (QED) is 0.913. The fourth-order valence-electron chi connectivity index (χ4n) is 2.09. The Morgan fingerprint density at radius 3 is 2.67 bits per heavy atom. The first-order valence-electron chi connectivity index (χ1n) is 7.17. The Labute approximate surface area is 125 Å². The summed E-state index contributed by atoms with van der Waals surface area (Å²) in [6.45, 7) is 4.85. The average molecular weight is 283 g/mol. The lowest BCUT2D eigenvalue weighted by molar-refractivity contribution is 0.0993. The standard InChI is InChI=1S/C17H21N3O/c1-4-10-18-16-11-13(2)19-12-15(16)17(21)20(3)14-8-6-5-7-9-14/h5-9,11-12H,4,10H2,1-3H3,(H,18,19). The van der Waals surface area contributed by atoms with E-state index in [1.807, 2.05) is 43.3 Å². The smallest absolute Gasteiger partial charge is 0.261 e. The van der Waals surface area contributed by atoms with Crippen molar-refractivity contribution in [2.45, 2.75) is 20.3 Å². The van der Waals surface area contributed by atoms with Gasteiger partial charge in [-0.3, -0.25) is 9.78 Å². The normalized spacial score (nSPS) is 10.2. The van der Waals surface area contributed by atoms with E-state index in [0.717, 1.165) is 30.0 Å². The third-order valence-corrected chi connectivity index (χ3v) is 3.28. The summed E-state index contributed by atoms with van der Waals surface area (Å²) in [6, 6.07) is 11.5. The zero-order valence-corrected chi connectivity index (χ0v) is 12.8. The summed E-state index contributed by atoms with van der Waals surface area (Å²) in [6.07, 6.45) is 2.65. The number of para-hydroxylation sites is 1. The van der Waals surface area contributed by atoms with Gasteiger partial charge in [0.2, 0.25) is 0 Å². The van der Waals surface area contributed by atoms with Crippen LogP contribution in [0.2, 0.25) is 0 Å². The molecular weight excluding hydrogens is 262 g/mol. The maximum absolute atomic E-state index is 12.7. The number of anilines is 2. The highest BCUT2D eigenvalue weighted by atomic mass is 16.2. The Morgan fingerprint density at radius 1 is 1.29 bits per heavy atom. The first-order valence-corrected chi connectivity index (χ1v) is 7.17. The fraction of sp³-hybridized carbons (Fsp3) is 0.294. The van der Waals surface area contributed by atoms with Crippen molar-refractivity contribution in [3.63, 3.8) is 0 Å². The molecule has 0 aliphatic carbocycles. The molecular formula is C17H21N3O. The molecule has 0 bridgehead atoms. The van der Waals surface area contributed by atoms with Gasteiger partial charge in [-0.1, -0.05) is 25.1 Å². The topological polar surface area (TPSA) is 45.2 Å². The number of hydrogen-bond acceptors (Lipinski definition) is 3. The molecule has 4 heteroatoms. The molecule has 4 nitrogen and oxygen atoms in total. The van der Waals surface area contributed by atoms with Gasteiger partial charge in [-0.05, 0) is 31.5 Å². The minimum Gasteiger partial charge on any atom is -0.384 e. The van der Waals surface area contributed by atoms with E-state index in [4.69, 9.17) is 0 Å². The van der Waals surface area contributed by atoms with Crippen LogP contribution < -0.4 is 10.2 Å². The third-order valence-electron chi connectivity index (χ3n) is 3.28. The molecule has 0 spiro atoms. The number of nitrogens with one attached hydrogen (secondary N) is 1. The minimum atomic E-state index is -0.0627. The van der Waals surface area contributed by atoms with Crippen LogP contribution in [0.15, 0.2) is 42.6 Å². The van der Waals surface area contributed by atoms with E-state index < -0.39 is 0 Å². The highest BCUT2D eigenvalue weighted by Gasteiger charge is 2.17. The number of rotatable bonds is 5. The van der Waals surface area contributed by atoms with Crippen molar-refractivity contribution in [2.75, 3.05) is 23.8 Å². The van der Waals surface area contributed by atoms with Crippen LogP contribution in [-0.2, 0) is 0 Å². The molecule has 0 fully saturated rings. The predicted molar refractivity (Wildman–Crippen MR) is 86.9 cm³/mol. The Kier molecular flexibility index (Phi) is 4.93. The van der Waals surface area contributed by atoms with E-state index in [1.165, 1.54) is 0 Å². The van der Waals surface area contributed by atoms with Gasteiger partial charge < -0.3 is 10.2 Å². The SMILES string of the molecule is CCCNc1cc(C)ncc1C(=O)N(C)c1ccccc1. The molecule has 1 N–H and O–H groups in total. The maximum atomic E-state index is 12.7. The number of hydrogen-bond donors (Lipinski definition) is 1. The number of pyridine rings is 1. The molecule has 0 saturated carbocycles. The van der Waals surface area contributed by atoms with E-state index in [0.29, 0.717) is 5.56 Å². The minimum absolute atomic E-state index is 0.0627. The Balaban J connectivity index is 2.30. The molecule has 1 aromatic heterocycles. The number of amides is 1. The van der Waals surface area contributed by atoms with Crippen molar-refractivity contribution < 1.29 is 4.79 Å². The van der Waals surface area contributed by atoms with Gasteiger partial charge in [0, 0.05) is 31.2 Å². The van der Waals surface area contributed by atoms with Crippen LogP contribution in [0.5, 0.6) is 0 Å². The van der Waals surface area contributed by atoms with Gasteiger partial charge in [0.15, 0.2) is 0 Å². The van der Waals surface area contributed by atoms with Crippen LogP contribution in [0.3, 0.4) is 0 Å². The first kappa shape index (κ1) is 15.0. The summed E-state index contributed by atoms with van der Waals surface area (Å²) in [5.74, 6) is -0.0627. The number of aryl methyl sites for hydroxylation is 1. The van der Waals surface area contributed by atoms with Gasteiger partial charge in [0.05, 0.1) is 11.3 Å². The molecule has 110 valence electrons. The number of nitrogens with zero attached hydrogens (tertiary/aromatic N) is 2. The van der Waals surface area contributed by atoms with Crippen molar-refractivity contribution >= 4 is 17.3 Å². The molecule has 0 saturated heterocycles. The van der Waals surface area contributed by atoms with Crippen molar-refractivity contribution in [2.24, 2.45) is 0 Å². The average Bonchev–Trinajstić information content (AvgIpc) is 2.52. The van der Waals surface area contributed by atoms with Gasteiger partial charge in [-0.15, -0.1) is 0 Å². The number of aromatic nitrogens is 1. The van der Waals surface area contributed by atoms with E-state index in [9.17, 15) is 4.79 Å². The second kappa shape index (κ2) is 6.88. The molecule has 0 atom stereocenters. The van der Waals surface area contributed by atoms with E-state index >= 15 is 0 Å². The Hall–Kier alpha value is -2.36. The van der Waals surface area contributed by atoms with E-state index in [-0.39, 0.29) is 5.91 Å². The number of carbonyl (C=O) groups excluding carboxylic acids is 1. The zero-order chi connectivity index (χ0) is 15.2. The molecule has 0 aliphatic rings. The molecule has 2 rings (SSSR count). The molecule has 0 aliphatic heterocycles. The second-order valence-electron chi connectivity index (χ2n) is 5.00. The summed E-state index contributed by atoms with van der Waals surface area (Å²) in [4.78, 5) is 18.6. The summed E-state index contributed by atoms with van der Waals surface area (Å²) in [5, 5.41) is 3.30. The lowest BCUT2D eigenvalue weighted by Crippen LogP contribution is -2.27. The van der Waals surface area contributed by atoms with Gasteiger partial charge in [0.1, 0.15) is 0 Å². The summed E-state index contributed by atoms with van der Waals surface area (Å²) < 4.78 is 0. The lowest BCUT2D eigenvalue weighted by atomic mass is 10.1. The fourth-order valence-corrected chi connectivity index (χ4v) is 2.09. The molecule has 1 heterocycles. The van der Waals surface area contributed by atoms with Crippen molar-refractivity contribution in [1.82, 2.24) is 4.98 Å². The molecule has 0 unspecified atom stereocenters. The maximum Gasteiger partial charge on any atom is 0.261 e. The third kappa shape index (κ3) is 3.60. The van der Waals surface area contributed by atoms with Crippen LogP contribution >= 0.6 is 0 Å². The van der Waals surface area contributed by atoms with Gasteiger partial charge >= 0.3 is 0 Å². The zero-order valence-electron chi connectivity index (χ0n) is 12.8. The molecule has 1 amide bonds. The molecule has 0 radical (unpaired) electrons. The van der Waals surface area contributed by atoms with Gasteiger partial charge in [-0.25, -0.2) is 0 Å². The van der Waals surface area contributed by atoms with Crippen molar-refractivity contribution in [3.8, 4) is 0 Å². The predicted octanol–water partition coefficient (Wildman–Crippen LogP) is 3.49. The van der Waals surface area contributed by atoms with Gasteiger partial charge in [0.25, 0.3) is 5.91 Å². The second-order valence-corrected chi connectivity index (χ2v) is 5.00. The number of benzene rings is 1. The van der Waals surface area contributed by atoms with Crippen LogP contribution in [0, 0.1) is 6.92 Å². The summed E-state index contributed by atoms with van der Waals surface area (Å²) in [7, 11) is 1.78. The van der Waals surface area contributed by atoms with E-state index in [2.05, 4.69) is 17.2 Å². The summed E-state index contributed by atoms with van der Waals surface area (Å²) >= 11 is 0. The Bertz CT molecular complexity index is 611. The van der Waals surface area contributed by atoms with Crippen LogP contribution in [0.25, 0.3) is 0 Å². The van der Waals surface area contributed by atoms with Crippen molar-refractivity contribution in [1.29, 1.82) is 0 Å². The molecule has 2 aromatic rings. The van der Waals surface area contributed by atoms with Crippen LogP contribution in [-0.4, -0.2) is 24.5 Å². The lowest BCUT2D eigenvalue weighted by Gasteiger charge is -2.19. The van der Waals surface area contributed by atoms with Gasteiger partial charge in [-0.2, -0.15) is 0 Å². The highest BCUT2D eigenvalue weighted by Crippen LogP contribution is 2.21. The van der Waals surface area contributed by atoms with Crippen LogP contribution in [0.4, 0.5) is 11.4 Å². The van der Waals surface area contributed by atoms with Crippen LogP contribution in [0.1, 0.15) is 29.4 Å². The van der Waals surface area contributed by atoms with E-state index in [1.54, 1.807) is 18.1 Å². The monoisotopic (exact) mass is 283 g/mol. The highest BCUT2D eigenvalue weighted by molar-refractivity contribution is 6.09. The summed E-state index contributed by atoms with van der Waals surface area (Å²) in [5.41, 5.74) is 3.20. The van der Waals surface area contributed by atoms with Crippen molar-refractivity contribution in [3.05, 3.63) is 53.9 Å². The Morgan fingerprint density at radius 2 is 2.00 bits per heavy atom. The number of carbonyl (C=O) groups is 1. The molecule has 21 heavy (non-hydrogen) atoms. The first-order chi connectivity index (χ1) is 10.1. The molecule has 1 aromatic carbocycles.